The lowest BCUT2D eigenvalue weighted by Gasteiger charge is -2.08. The summed E-state index contributed by atoms with van der Waals surface area (Å²) in [6.07, 6.45) is 0. The molecule has 2 rings (SSSR count). The topological polar surface area (TPSA) is 98.5 Å². The van der Waals surface area contributed by atoms with Gasteiger partial charge in [0.2, 0.25) is 5.91 Å². The number of benzene rings is 1. The van der Waals surface area contributed by atoms with E-state index in [2.05, 4.69) is 10.5 Å². The molecule has 0 bridgehead atoms. The van der Waals surface area contributed by atoms with Crippen LogP contribution in [0.25, 0.3) is 0 Å². The fourth-order valence-corrected chi connectivity index (χ4v) is 3.27. The Hall–Kier alpha value is -2.35. The number of aryl methyl sites for hydroxylation is 2. The van der Waals surface area contributed by atoms with Gasteiger partial charge in [0, 0.05) is 6.07 Å². The fraction of sp³-hybridized carbons (Fsp3) is 0.375. The number of rotatable bonds is 8. The summed E-state index contributed by atoms with van der Waals surface area (Å²) in [7, 11) is -3.59. The van der Waals surface area contributed by atoms with E-state index < -0.39 is 21.5 Å². The molecule has 8 heteroatoms. The van der Waals surface area contributed by atoms with Crippen LogP contribution in [0, 0.1) is 13.8 Å². The third kappa shape index (κ3) is 6.04. The van der Waals surface area contributed by atoms with Crippen LogP contribution in [0.3, 0.4) is 0 Å². The predicted molar refractivity (Wildman–Crippen MR) is 88.4 cm³/mol. The Kier molecular flexibility index (Phi) is 5.97. The van der Waals surface area contributed by atoms with Crippen molar-refractivity contribution in [1.82, 2.24) is 10.5 Å². The highest BCUT2D eigenvalue weighted by Gasteiger charge is 2.19. The minimum atomic E-state index is -3.59. The Morgan fingerprint density at radius 1 is 1.29 bits per heavy atom. The molecule has 0 radical (unpaired) electrons. The molecule has 1 amide bonds. The van der Waals surface area contributed by atoms with E-state index in [1.54, 1.807) is 6.92 Å². The maximum Gasteiger partial charge on any atom is 0.235 e. The highest BCUT2D eigenvalue weighted by Crippen LogP contribution is 2.11. The molecule has 0 aliphatic heterocycles. The minimum Gasteiger partial charge on any atom is -0.492 e. The first kappa shape index (κ1) is 18.0. The molecule has 0 spiro atoms. The molecular weight excluding hydrogens is 332 g/mol. The van der Waals surface area contributed by atoms with Gasteiger partial charge in [-0.2, -0.15) is 0 Å². The van der Waals surface area contributed by atoms with Crippen LogP contribution in [0.15, 0.2) is 34.9 Å². The van der Waals surface area contributed by atoms with E-state index in [0.717, 1.165) is 5.56 Å². The van der Waals surface area contributed by atoms with E-state index in [0.29, 0.717) is 17.2 Å². The number of ether oxygens (including phenoxy) is 1. The standard InChI is InChI=1S/C16H20N2O5S/c1-12-4-3-5-15(8-12)22-7-6-17-16(19)11-24(20,21)10-14-9-13(2)23-18-14/h3-5,8-9H,6-7,10-11H2,1-2H3,(H,17,19). The maximum absolute atomic E-state index is 11.9. The lowest BCUT2D eigenvalue weighted by molar-refractivity contribution is -0.118. The molecule has 1 N–H and O–H groups in total. The zero-order chi connectivity index (χ0) is 17.6. The Labute approximate surface area is 140 Å². The first-order chi connectivity index (χ1) is 11.3. The van der Waals surface area contributed by atoms with E-state index in [9.17, 15) is 13.2 Å². The molecule has 130 valence electrons. The average molecular weight is 352 g/mol. The number of carbonyl (C=O) groups excluding carboxylic acids is 1. The van der Waals surface area contributed by atoms with E-state index in [4.69, 9.17) is 9.26 Å². The molecule has 24 heavy (non-hydrogen) atoms. The maximum atomic E-state index is 11.9. The van der Waals surface area contributed by atoms with Crippen molar-refractivity contribution in [1.29, 1.82) is 0 Å². The number of hydrogen-bond donors (Lipinski definition) is 1. The number of amides is 1. The van der Waals surface area contributed by atoms with Gasteiger partial charge in [-0.25, -0.2) is 8.42 Å². The van der Waals surface area contributed by atoms with Crippen molar-refractivity contribution in [2.24, 2.45) is 0 Å². The second kappa shape index (κ2) is 7.96. The number of sulfone groups is 1. The largest absolute Gasteiger partial charge is 0.492 e. The predicted octanol–water partition coefficient (Wildman–Crippen LogP) is 1.40. The third-order valence-electron chi connectivity index (χ3n) is 3.08. The lowest BCUT2D eigenvalue weighted by atomic mass is 10.2. The quantitative estimate of drug-likeness (QED) is 0.721. The van der Waals surface area contributed by atoms with Crippen LogP contribution in [-0.2, 0) is 20.4 Å². The van der Waals surface area contributed by atoms with Gasteiger partial charge in [0.1, 0.15) is 23.9 Å². The van der Waals surface area contributed by atoms with Gasteiger partial charge < -0.3 is 14.6 Å². The van der Waals surface area contributed by atoms with E-state index in [-0.39, 0.29) is 18.9 Å². The summed E-state index contributed by atoms with van der Waals surface area (Å²) < 4.78 is 34.2. The van der Waals surface area contributed by atoms with E-state index >= 15 is 0 Å². The SMILES string of the molecule is Cc1cccc(OCCNC(=O)CS(=O)(=O)Cc2cc(C)on2)c1. The van der Waals surface area contributed by atoms with Gasteiger partial charge in [-0.3, -0.25) is 4.79 Å². The third-order valence-corrected chi connectivity index (χ3v) is 4.52. The lowest BCUT2D eigenvalue weighted by Crippen LogP contribution is -2.33. The van der Waals surface area contributed by atoms with Crippen molar-refractivity contribution in [2.75, 3.05) is 18.9 Å². The zero-order valence-electron chi connectivity index (χ0n) is 13.6. The molecule has 0 saturated carbocycles. The first-order valence-corrected chi connectivity index (χ1v) is 9.25. The highest BCUT2D eigenvalue weighted by molar-refractivity contribution is 7.91. The molecule has 1 aromatic carbocycles. The molecule has 0 aliphatic rings. The van der Waals surface area contributed by atoms with Gasteiger partial charge in [0.15, 0.2) is 9.84 Å². The van der Waals surface area contributed by atoms with Crippen LogP contribution < -0.4 is 10.1 Å². The number of aromatic nitrogens is 1. The van der Waals surface area contributed by atoms with Gasteiger partial charge in [0.05, 0.1) is 18.0 Å². The van der Waals surface area contributed by atoms with Crippen molar-refractivity contribution in [3.8, 4) is 5.75 Å². The summed E-state index contributed by atoms with van der Waals surface area (Å²) in [5, 5.41) is 6.15. The fourth-order valence-electron chi connectivity index (χ4n) is 2.08. The minimum absolute atomic E-state index is 0.228. The van der Waals surface area contributed by atoms with Crippen LogP contribution in [-0.4, -0.2) is 38.4 Å². The number of nitrogens with one attached hydrogen (secondary N) is 1. The van der Waals surface area contributed by atoms with Crippen molar-refractivity contribution < 1.29 is 22.5 Å². The summed E-state index contributed by atoms with van der Waals surface area (Å²) >= 11 is 0. The van der Waals surface area contributed by atoms with Gasteiger partial charge in [-0.15, -0.1) is 0 Å². The zero-order valence-corrected chi connectivity index (χ0v) is 14.4. The Bertz CT molecular complexity index is 798. The molecule has 0 fully saturated rings. The Balaban J connectivity index is 1.72. The van der Waals surface area contributed by atoms with Crippen molar-refractivity contribution in [3.63, 3.8) is 0 Å². The van der Waals surface area contributed by atoms with E-state index in [1.807, 2.05) is 31.2 Å². The van der Waals surface area contributed by atoms with Gasteiger partial charge in [-0.05, 0) is 31.5 Å². The summed E-state index contributed by atoms with van der Waals surface area (Å²) in [5.41, 5.74) is 1.37. The number of nitrogens with zero attached hydrogens (tertiary/aromatic N) is 1. The summed E-state index contributed by atoms with van der Waals surface area (Å²) in [6.45, 7) is 4.11. The van der Waals surface area contributed by atoms with Gasteiger partial charge in [-0.1, -0.05) is 17.3 Å². The smallest absolute Gasteiger partial charge is 0.235 e. The molecule has 0 saturated heterocycles. The monoisotopic (exact) mass is 352 g/mol. The molecule has 0 unspecified atom stereocenters. The molecule has 2 aromatic rings. The summed E-state index contributed by atoms with van der Waals surface area (Å²) in [6, 6.07) is 9.06. The van der Waals surface area contributed by atoms with Crippen molar-refractivity contribution in [3.05, 3.63) is 47.3 Å². The average Bonchev–Trinajstić information content (AvgIpc) is 2.87. The molecule has 0 atom stereocenters. The summed E-state index contributed by atoms with van der Waals surface area (Å²) in [4.78, 5) is 11.7. The van der Waals surface area contributed by atoms with Gasteiger partial charge >= 0.3 is 0 Å². The molecule has 7 nitrogen and oxygen atoms in total. The Morgan fingerprint density at radius 2 is 2.08 bits per heavy atom. The van der Waals surface area contributed by atoms with Crippen molar-refractivity contribution in [2.45, 2.75) is 19.6 Å². The van der Waals surface area contributed by atoms with Crippen LogP contribution in [0.5, 0.6) is 5.75 Å². The van der Waals surface area contributed by atoms with Crippen molar-refractivity contribution >= 4 is 15.7 Å². The van der Waals surface area contributed by atoms with Gasteiger partial charge in [0.25, 0.3) is 0 Å². The second-order valence-corrected chi connectivity index (χ2v) is 7.54. The molecule has 1 heterocycles. The van der Waals surface area contributed by atoms with Crippen LogP contribution in [0.2, 0.25) is 0 Å². The molecule has 1 aromatic heterocycles. The molecular formula is C16H20N2O5S. The van der Waals surface area contributed by atoms with Crippen LogP contribution >= 0.6 is 0 Å². The summed E-state index contributed by atoms with van der Waals surface area (Å²) in [5.74, 6) is -0.250. The van der Waals surface area contributed by atoms with Crippen LogP contribution in [0.1, 0.15) is 17.0 Å². The second-order valence-electron chi connectivity index (χ2n) is 5.48. The highest BCUT2D eigenvalue weighted by atomic mass is 32.2. The number of hydrogen-bond acceptors (Lipinski definition) is 6. The van der Waals surface area contributed by atoms with E-state index in [1.165, 1.54) is 6.07 Å². The normalized spacial score (nSPS) is 11.2. The molecule has 0 aliphatic carbocycles. The Morgan fingerprint density at radius 3 is 2.75 bits per heavy atom. The number of carbonyl (C=O) groups is 1. The first-order valence-electron chi connectivity index (χ1n) is 7.43. The van der Waals surface area contributed by atoms with Crippen LogP contribution in [0.4, 0.5) is 0 Å².